The number of fused-ring (bicyclic) bond motifs is 1. The van der Waals surface area contributed by atoms with E-state index >= 15 is 0 Å². The second-order valence-electron chi connectivity index (χ2n) is 6.82. The van der Waals surface area contributed by atoms with Gasteiger partial charge in [0.1, 0.15) is 17.2 Å². The van der Waals surface area contributed by atoms with Gasteiger partial charge in [0.2, 0.25) is 0 Å². The number of aryl methyl sites for hydroxylation is 1. The maximum Gasteiger partial charge on any atom is 0.408 e. The smallest absolute Gasteiger partial charge is 0.408 e. The number of esters is 1. The highest BCUT2D eigenvalue weighted by Gasteiger charge is 2.23. The summed E-state index contributed by atoms with van der Waals surface area (Å²) in [5, 5.41) is 3.19. The molecule has 0 saturated heterocycles. The van der Waals surface area contributed by atoms with Crippen molar-refractivity contribution in [3.8, 4) is 5.75 Å². The molecule has 0 aliphatic heterocycles. The van der Waals surface area contributed by atoms with Crippen molar-refractivity contribution in [1.82, 2.24) is 5.32 Å². The van der Waals surface area contributed by atoms with Crippen molar-refractivity contribution in [2.24, 2.45) is 0 Å². The van der Waals surface area contributed by atoms with Crippen LogP contribution in [0.2, 0.25) is 5.02 Å². The Morgan fingerprint density at radius 2 is 1.88 bits per heavy atom. The third-order valence-electron chi connectivity index (χ3n) is 3.30. The van der Waals surface area contributed by atoms with Gasteiger partial charge < -0.3 is 19.2 Å². The van der Waals surface area contributed by atoms with Gasteiger partial charge in [-0.05, 0) is 46.2 Å². The fourth-order valence-electron chi connectivity index (χ4n) is 2.14. The van der Waals surface area contributed by atoms with Gasteiger partial charge in [-0.3, -0.25) is 0 Å². The van der Waals surface area contributed by atoms with Crippen LogP contribution in [0.1, 0.15) is 33.3 Å². The summed E-state index contributed by atoms with van der Waals surface area (Å²) in [6.07, 6.45) is -0.742. The van der Waals surface area contributed by atoms with Crippen LogP contribution in [-0.4, -0.2) is 23.7 Å². The molecule has 0 saturated carbocycles. The van der Waals surface area contributed by atoms with Crippen LogP contribution >= 0.6 is 11.6 Å². The lowest BCUT2D eigenvalue weighted by molar-refractivity contribution is -0.136. The normalized spacial score (nSPS) is 12.5. The van der Waals surface area contributed by atoms with Crippen LogP contribution in [-0.2, 0) is 9.53 Å². The molecule has 1 aromatic carbocycles. The summed E-state index contributed by atoms with van der Waals surface area (Å²) < 4.78 is 15.4. The predicted octanol–water partition coefficient (Wildman–Crippen LogP) is 3.57. The van der Waals surface area contributed by atoms with E-state index in [9.17, 15) is 14.4 Å². The summed E-state index contributed by atoms with van der Waals surface area (Å²) in [6.45, 7) is 8.32. The summed E-state index contributed by atoms with van der Waals surface area (Å²) in [6, 6.07) is 3.28. The molecule has 0 bridgehead atoms. The van der Waals surface area contributed by atoms with Crippen LogP contribution in [0.5, 0.6) is 5.75 Å². The fraction of sp³-hybridized carbons (Fsp3) is 0.389. The first kappa shape index (κ1) is 19.8. The largest absolute Gasteiger partial charge is 0.444 e. The number of halogens is 1. The number of nitrogens with one attached hydrogen (secondary N) is 1. The molecule has 1 heterocycles. The zero-order valence-electron chi connectivity index (χ0n) is 15.1. The summed E-state index contributed by atoms with van der Waals surface area (Å²) in [7, 11) is 0. The van der Waals surface area contributed by atoms with Crippen molar-refractivity contribution in [3.05, 3.63) is 39.2 Å². The molecular formula is C18H20ClNO6. The van der Waals surface area contributed by atoms with Crippen molar-refractivity contribution >= 4 is 34.6 Å². The SMILES string of the molecule is Cc1cc(=O)oc2cc(OC(=O)[C@H](C)NC(=O)OC(C)(C)C)c(Cl)cc12. The number of hydrogen-bond donors (Lipinski definition) is 1. The van der Waals surface area contributed by atoms with E-state index in [4.69, 9.17) is 25.5 Å². The molecule has 0 unspecified atom stereocenters. The average molecular weight is 382 g/mol. The summed E-state index contributed by atoms with van der Waals surface area (Å²) in [5.41, 5.74) is -0.273. The molecular weight excluding hydrogens is 362 g/mol. The number of carbonyl (C=O) groups excluding carboxylic acids is 2. The molecule has 1 amide bonds. The van der Waals surface area contributed by atoms with Gasteiger partial charge in [-0.25, -0.2) is 14.4 Å². The standard InChI is InChI=1S/C18H20ClNO6/c1-9-6-15(21)24-13-8-14(12(19)7-11(9)13)25-16(22)10(2)20-17(23)26-18(3,4)5/h6-8,10H,1-5H3,(H,20,23)/t10-/m0/s1. The molecule has 1 atom stereocenters. The highest BCUT2D eigenvalue weighted by molar-refractivity contribution is 6.33. The van der Waals surface area contributed by atoms with E-state index in [0.29, 0.717) is 10.9 Å². The maximum absolute atomic E-state index is 12.2. The van der Waals surface area contributed by atoms with Gasteiger partial charge in [-0.15, -0.1) is 0 Å². The summed E-state index contributed by atoms with van der Waals surface area (Å²) in [4.78, 5) is 35.4. The minimum Gasteiger partial charge on any atom is -0.444 e. The molecule has 0 aliphatic rings. The van der Waals surface area contributed by atoms with Gasteiger partial charge >= 0.3 is 17.7 Å². The molecule has 0 spiro atoms. The van der Waals surface area contributed by atoms with Gasteiger partial charge in [-0.1, -0.05) is 11.6 Å². The van der Waals surface area contributed by atoms with E-state index in [-0.39, 0.29) is 16.4 Å². The van der Waals surface area contributed by atoms with E-state index in [0.717, 1.165) is 0 Å². The maximum atomic E-state index is 12.2. The van der Waals surface area contributed by atoms with Gasteiger partial charge in [-0.2, -0.15) is 0 Å². The van der Waals surface area contributed by atoms with E-state index in [1.807, 2.05) is 0 Å². The molecule has 2 rings (SSSR count). The number of ether oxygens (including phenoxy) is 2. The summed E-state index contributed by atoms with van der Waals surface area (Å²) in [5.74, 6) is -0.720. The third kappa shape index (κ3) is 4.98. The Hall–Kier alpha value is -2.54. The van der Waals surface area contributed by atoms with Crippen molar-refractivity contribution in [2.45, 2.75) is 46.3 Å². The number of carbonyl (C=O) groups is 2. The van der Waals surface area contributed by atoms with Gasteiger partial charge in [0.15, 0.2) is 5.75 Å². The lowest BCUT2D eigenvalue weighted by Gasteiger charge is -2.21. The van der Waals surface area contributed by atoms with Crippen LogP contribution < -0.4 is 15.7 Å². The summed E-state index contributed by atoms with van der Waals surface area (Å²) >= 11 is 6.15. The van der Waals surface area contributed by atoms with Gasteiger partial charge in [0, 0.05) is 17.5 Å². The van der Waals surface area contributed by atoms with E-state index in [1.165, 1.54) is 19.1 Å². The second-order valence-corrected chi connectivity index (χ2v) is 7.22. The Morgan fingerprint density at radius 3 is 2.50 bits per heavy atom. The number of rotatable bonds is 3. The number of hydrogen-bond acceptors (Lipinski definition) is 6. The first-order valence-electron chi connectivity index (χ1n) is 7.91. The Balaban J connectivity index is 2.17. The highest BCUT2D eigenvalue weighted by Crippen LogP contribution is 2.31. The van der Waals surface area contributed by atoms with Gasteiger partial charge in [0.25, 0.3) is 0 Å². The average Bonchev–Trinajstić information content (AvgIpc) is 2.46. The second kappa shape index (κ2) is 7.37. The Kier molecular flexibility index (Phi) is 5.61. The van der Waals surface area contributed by atoms with Crippen molar-refractivity contribution in [2.75, 3.05) is 0 Å². The molecule has 1 aromatic heterocycles. The molecule has 0 aliphatic carbocycles. The van der Waals surface area contributed by atoms with Crippen LogP contribution in [0.3, 0.4) is 0 Å². The fourth-order valence-corrected chi connectivity index (χ4v) is 2.34. The van der Waals surface area contributed by atoms with Crippen molar-refractivity contribution < 1.29 is 23.5 Å². The predicted molar refractivity (Wildman–Crippen MR) is 96.7 cm³/mol. The molecule has 7 nitrogen and oxygen atoms in total. The molecule has 0 radical (unpaired) electrons. The van der Waals surface area contributed by atoms with E-state index in [1.54, 1.807) is 33.8 Å². The first-order chi connectivity index (χ1) is 12.0. The zero-order valence-corrected chi connectivity index (χ0v) is 15.9. The van der Waals surface area contributed by atoms with Crippen LogP contribution in [0.15, 0.2) is 27.4 Å². The molecule has 1 N–H and O–H groups in total. The topological polar surface area (TPSA) is 94.8 Å². The molecule has 8 heteroatoms. The monoisotopic (exact) mass is 381 g/mol. The number of amides is 1. The highest BCUT2D eigenvalue weighted by atomic mass is 35.5. The van der Waals surface area contributed by atoms with Crippen LogP contribution in [0, 0.1) is 6.92 Å². The molecule has 0 fully saturated rings. The third-order valence-corrected chi connectivity index (χ3v) is 3.60. The molecule has 26 heavy (non-hydrogen) atoms. The lowest BCUT2D eigenvalue weighted by atomic mass is 10.1. The Labute approximate surface area is 155 Å². The first-order valence-corrected chi connectivity index (χ1v) is 8.29. The minimum atomic E-state index is -0.971. The Morgan fingerprint density at radius 1 is 1.23 bits per heavy atom. The van der Waals surface area contributed by atoms with Crippen LogP contribution in [0.25, 0.3) is 11.0 Å². The number of benzene rings is 1. The van der Waals surface area contributed by atoms with E-state index in [2.05, 4.69) is 5.32 Å². The Bertz CT molecular complexity index is 912. The van der Waals surface area contributed by atoms with Crippen molar-refractivity contribution in [1.29, 1.82) is 0 Å². The van der Waals surface area contributed by atoms with Crippen LogP contribution in [0.4, 0.5) is 4.79 Å². The van der Waals surface area contributed by atoms with E-state index < -0.39 is 29.3 Å². The molecule has 140 valence electrons. The lowest BCUT2D eigenvalue weighted by Crippen LogP contribution is -2.43. The number of alkyl carbamates (subject to hydrolysis) is 1. The zero-order chi connectivity index (χ0) is 19.6. The minimum absolute atomic E-state index is 0.0238. The van der Waals surface area contributed by atoms with Gasteiger partial charge in [0.05, 0.1) is 5.02 Å². The van der Waals surface area contributed by atoms with Crippen molar-refractivity contribution in [3.63, 3.8) is 0 Å². The molecule has 2 aromatic rings. The quantitative estimate of drug-likeness (QED) is 0.496.